The molecule has 0 radical (unpaired) electrons. The third kappa shape index (κ3) is 10.1. The van der Waals surface area contributed by atoms with Crippen LogP contribution in [-0.2, 0) is 15.9 Å². The Morgan fingerprint density at radius 2 is 2.12 bits per heavy atom. The third-order valence-electron chi connectivity index (χ3n) is 4.18. The van der Waals surface area contributed by atoms with Crippen molar-refractivity contribution in [1.29, 1.82) is 0 Å². The van der Waals surface area contributed by atoms with Gasteiger partial charge in [0.2, 0.25) is 0 Å². The Kier molecular flexibility index (Phi) is 13.3. The van der Waals surface area contributed by atoms with E-state index in [9.17, 15) is 0 Å². The van der Waals surface area contributed by atoms with Crippen molar-refractivity contribution in [3.63, 3.8) is 0 Å². The Balaban J connectivity index is 0.00000338. The molecule has 26 heavy (non-hydrogen) atoms. The first-order valence-electron chi connectivity index (χ1n) is 9.12. The summed E-state index contributed by atoms with van der Waals surface area (Å²) in [5.41, 5.74) is 1.35. The zero-order chi connectivity index (χ0) is 17.7. The van der Waals surface area contributed by atoms with Crippen molar-refractivity contribution in [2.24, 2.45) is 10.9 Å². The van der Waals surface area contributed by atoms with Crippen LogP contribution in [0.25, 0.3) is 0 Å². The van der Waals surface area contributed by atoms with E-state index in [1.807, 2.05) is 0 Å². The van der Waals surface area contributed by atoms with Crippen LogP contribution in [0.15, 0.2) is 33.7 Å². The highest BCUT2D eigenvalue weighted by molar-refractivity contribution is 14.0. The Bertz CT molecular complexity index is 525. The predicted molar refractivity (Wildman–Crippen MR) is 122 cm³/mol. The standard InChI is InChI=1S/C19H30BrN3O2.HI/c1-21-19(22-9-3-6-16-5-2-7-18(20)13-16)23-10-4-11-24-14-17-8-12-25-15-17;/h2,5,7,13,17H,3-4,6,8-12,14-15H2,1H3,(H2,21,22,23);1H. The highest BCUT2D eigenvalue weighted by Gasteiger charge is 2.15. The molecule has 1 aromatic carbocycles. The first-order valence-corrected chi connectivity index (χ1v) is 9.91. The number of hydrogen-bond acceptors (Lipinski definition) is 3. The van der Waals surface area contributed by atoms with Gasteiger partial charge >= 0.3 is 0 Å². The van der Waals surface area contributed by atoms with Gasteiger partial charge in [-0.05, 0) is 43.4 Å². The van der Waals surface area contributed by atoms with Crippen LogP contribution < -0.4 is 10.6 Å². The molecule has 1 aliphatic heterocycles. The van der Waals surface area contributed by atoms with Gasteiger partial charge in [0.1, 0.15) is 0 Å². The summed E-state index contributed by atoms with van der Waals surface area (Å²) in [6, 6.07) is 8.47. The lowest BCUT2D eigenvalue weighted by atomic mass is 10.1. The first-order chi connectivity index (χ1) is 12.3. The molecule has 7 heteroatoms. The monoisotopic (exact) mass is 539 g/mol. The molecule has 1 atom stereocenters. The Labute approximate surface area is 182 Å². The summed E-state index contributed by atoms with van der Waals surface area (Å²) in [5, 5.41) is 6.69. The lowest BCUT2D eigenvalue weighted by Crippen LogP contribution is -2.38. The molecule has 1 aliphatic rings. The second kappa shape index (κ2) is 14.6. The van der Waals surface area contributed by atoms with Crippen molar-refractivity contribution in [1.82, 2.24) is 10.6 Å². The van der Waals surface area contributed by atoms with Crippen LogP contribution >= 0.6 is 39.9 Å². The molecular weight excluding hydrogens is 509 g/mol. The molecule has 0 aliphatic carbocycles. The number of nitrogens with one attached hydrogen (secondary N) is 2. The minimum Gasteiger partial charge on any atom is -0.381 e. The zero-order valence-corrected chi connectivity index (χ0v) is 19.4. The molecule has 1 unspecified atom stereocenters. The number of aryl methyl sites for hydroxylation is 1. The SMILES string of the molecule is CN=C(NCCCOCC1CCOC1)NCCCc1cccc(Br)c1.I. The molecule has 2 N–H and O–H groups in total. The maximum atomic E-state index is 5.71. The van der Waals surface area contributed by atoms with E-state index in [4.69, 9.17) is 9.47 Å². The van der Waals surface area contributed by atoms with Gasteiger partial charge in [-0.3, -0.25) is 4.99 Å². The van der Waals surface area contributed by atoms with E-state index in [0.717, 1.165) is 75.6 Å². The molecule has 2 rings (SSSR count). The molecule has 5 nitrogen and oxygen atoms in total. The van der Waals surface area contributed by atoms with Gasteiger partial charge in [-0.15, -0.1) is 24.0 Å². The largest absolute Gasteiger partial charge is 0.381 e. The number of benzene rings is 1. The average Bonchev–Trinajstić information content (AvgIpc) is 3.13. The average molecular weight is 540 g/mol. The molecule has 1 aromatic rings. The molecule has 148 valence electrons. The lowest BCUT2D eigenvalue weighted by molar-refractivity contribution is 0.0888. The fourth-order valence-corrected chi connectivity index (χ4v) is 3.20. The van der Waals surface area contributed by atoms with Crippen molar-refractivity contribution in [2.75, 3.05) is 46.6 Å². The molecule has 1 fully saturated rings. The smallest absolute Gasteiger partial charge is 0.190 e. The van der Waals surface area contributed by atoms with Gasteiger partial charge in [0.25, 0.3) is 0 Å². The van der Waals surface area contributed by atoms with Crippen LogP contribution in [0.3, 0.4) is 0 Å². The predicted octanol–water partition coefficient (Wildman–Crippen LogP) is 3.61. The molecule has 0 amide bonds. The summed E-state index contributed by atoms with van der Waals surface area (Å²) in [4.78, 5) is 4.26. The van der Waals surface area contributed by atoms with Crippen LogP contribution in [-0.4, -0.2) is 52.5 Å². The third-order valence-corrected chi connectivity index (χ3v) is 4.68. The summed E-state index contributed by atoms with van der Waals surface area (Å²) in [6.45, 7) is 5.12. The minimum absolute atomic E-state index is 0. The summed E-state index contributed by atoms with van der Waals surface area (Å²) in [6.07, 6.45) is 4.24. The molecule has 0 spiro atoms. The number of guanidine groups is 1. The van der Waals surface area contributed by atoms with Crippen LogP contribution in [0, 0.1) is 5.92 Å². The topological polar surface area (TPSA) is 54.9 Å². The fourth-order valence-electron chi connectivity index (χ4n) is 2.76. The van der Waals surface area contributed by atoms with Crippen molar-refractivity contribution in [3.05, 3.63) is 34.3 Å². The number of aliphatic imine (C=N–C) groups is 1. The van der Waals surface area contributed by atoms with Gasteiger partial charge in [-0.25, -0.2) is 0 Å². The van der Waals surface area contributed by atoms with E-state index < -0.39 is 0 Å². The zero-order valence-electron chi connectivity index (χ0n) is 15.5. The summed E-state index contributed by atoms with van der Waals surface area (Å²) in [5.74, 6) is 1.45. The summed E-state index contributed by atoms with van der Waals surface area (Å²) >= 11 is 3.51. The maximum absolute atomic E-state index is 5.71. The highest BCUT2D eigenvalue weighted by atomic mass is 127. The van der Waals surface area contributed by atoms with E-state index >= 15 is 0 Å². The van der Waals surface area contributed by atoms with E-state index in [-0.39, 0.29) is 24.0 Å². The van der Waals surface area contributed by atoms with E-state index in [0.29, 0.717) is 5.92 Å². The molecule has 1 saturated heterocycles. The number of ether oxygens (including phenoxy) is 2. The summed E-state index contributed by atoms with van der Waals surface area (Å²) < 4.78 is 12.2. The van der Waals surface area contributed by atoms with Crippen molar-refractivity contribution in [3.8, 4) is 0 Å². The Morgan fingerprint density at radius 3 is 2.81 bits per heavy atom. The van der Waals surface area contributed by atoms with E-state index in [2.05, 4.69) is 55.8 Å². The normalized spacial score (nSPS) is 17.0. The molecule has 0 bridgehead atoms. The van der Waals surface area contributed by atoms with Crippen molar-refractivity contribution in [2.45, 2.75) is 25.7 Å². The maximum Gasteiger partial charge on any atom is 0.190 e. The molecular formula is C19H31BrIN3O2. The van der Waals surface area contributed by atoms with Gasteiger partial charge in [0.15, 0.2) is 5.96 Å². The quantitative estimate of drug-likeness (QED) is 0.206. The van der Waals surface area contributed by atoms with Crippen molar-refractivity contribution < 1.29 is 9.47 Å². The summed E-state index contributed by atoms with van der Waals surface area (Å²) in [7, 11) is 1.81. The number of hydrogen-bond donors (Lipinski definition) is 2. The second-order valence-corrected chi connectivity index (χ2v) is 7.23. The van der Waals surface area contributed by atoms with Crippen molar-refractivity contribution >= 4 is 45.9 Å². The number of nitrogens with zero attached hydrogens (tertiary/aromatic N) is 1. The van der Waals surface area contributed by atoms with Gasteiger partial charge in [0, 0.05) is 43.7 Å². The highest BCUT2D eigenvalue weighted by Crippen LogP contribution is 2.13. The van der Waals surface area contributed by atoms with E-state index in [1.54, 1.807) is 7.05 Å². The fraction of sp³-hybridized carbons (Fsp3) is 0.632. The number of rotatable bonds is 10. The second-order valence-electron chi connectivity index (χ2n) is 6.32. The molecule has 1 heterocycles. The van der Waals surface area contributed by atoms with Gasteiger partial charge in [-0.1, -0.05) is 28.1 Å². The van der Waals surface area contributed by atoms with Gasteiger partial charge < -0.3 is 20.1 Å². The van der Waals surface area contributed by atoms with Crippen LogP contribution in [0.5, 0.6) is 0 Å². The van der Waals surface area contributed by atoms with Crippen LogP contribution in [0.4, 0.5) is 0 Å². The Morgan fingerprint density at radius 1 is 1.31 bits per heavy atom. The van der Waals surface area contributed by atoms with Crippen LogP contribution in [0.1, 0.15) is 24.8 Å². The Hall–Kier alpha value is -0.380. The first kappa shape index (κ1) is 23.7. The van der Waals surface area contributed by atoms with Gasteiger partial charge in [0.05, 0.1) is 13.2 Å². The lowest BCUT2D eigenvalue weighted by Gasteiger charge is -2.12. The molecule has 0 saturated carbocycles. The van der Waals surface area contributed by atoms with E-state index in [1.165, 1.54) is 5.56 Å². The molecule has 0 aromatic heterocycles. The minimum atomic E-state index is 0. The van der Waals surface area contributed by atoms with Gasteiger partial charge in [-0.2, -0.15) is 0 Å². The number of halogens is 2. The van der Waals surface area contributed by atoms with Crippen LogP contribution in [0.2, 0.25) is 0 Å².